The molecule has 160 valence electrons. The molecular formula is C20H19ClFN7OS. The monoisotopic (exact) mass is 459 g/mol. The molecule has 3 aromatic rings. The topological polar surface area (TPSA) is 93.1 Å². The molecule has 0 aliphatic carbocycles. The molecule has 31 heavy (non-hydrogen) atoms. The second-order valence-electron chi connectivity index (χ2n) is 7.27. The number of piperazine rings is 1. The average molecular weight is 460 g/mol. The van der Waals surface area contributed by atoms with Crippen molar-refractivity contribution >= 4 is 46.0 Å². The van der Waals surface area contributed by atoms with Crippen LogP contribution in [0.2, 0.25) is 5.15 Å². The van der Waals surface area contributed by atoms with Crippen LogP contribution in [0.1, 0.15) is 5.69 Å². The predicted molar refractivity (Wildman–Crippen MR) is 118 cm³/mol. The highest BCUT2D eigenvalue weighted by Gasteiger charge is 2.33. The third-order valence-electron chi connectivity index (χ3n) is 5.27. The van der Waals surface area contributed by atoms with Crippen LogP contribution in [-0.2, 0) is 17.6 Å². The fourth-order valence-electron chi connectivity index (χ4n) is 3.73. The van der Waals surface area contributed by atoms with Crippen molar-refractivity contribution in [3.63, 3.8) is 0 Å². The van der Waals surface area contributed by atoms with Gasteiger partial charge in [-0.1, -0.05) is 17.7 Å². The third kappa shape index (κ3) is 4.23. The maximum absolute atomic E-state index is 13.6. The Morgan fingerprint density at radius 1 is 1.03 bits per heavy atom. The summed E-state index contributed by atoms with van der Waals surface area (Å²) < 4.78 is 26.2. The van der Waals surface area contributed by atoms with E-state index in [9.17, 15) is 8.94 Å². The first-order chi connectivity index (χ1) is 15.1. The quantitative estimate of drug-likeness (QED) is 0.595. The Balaban J connectivity index is 1.38. The van der Waals surface area contributed by atoms with Gasteiger partial charge in [0.05, 0.1) is 0 Å². The van der Waals surface area contributed by atoms with Gasteiger partial charge in [0, 0.05) is 38.3 Å². The summed E-state index contributed by atoms with van der Waals surface area (Å²) in [6.07, 6.45) is 0.635. The molecule has 11 heteroatoms. The van der Waals surface area contributed by atoms with Crippen LogP contribution in [0.5, 0.6) is 0 Å². The Kier molecular flexibility index (Phi) is 5.51. The van der Waals surface area contributed by atoms with Gasteiger partial charge in [0.2, 0.25) is 10.8 Å². The van der Waals surface area contributed by atoms with E-state index in [1.165, 1.54) is 12.1 Å². The third-order valence-corrected chi connectivity index (χ3v) is 6.93. The summed E-state index contributed by atoms with van der Waals surface area (Å²) in [6, 6.07) is 9.72. The molecule has 4 heterocycles. The largest absolute Gasteiger partial charge is 0.611 e. The van der Waals surface area contributed by atoms with Gasteiger partial charge in [-0.2, -0.15) is 4.98 Å². The SMILES string of the molecule is [O-][S+]1CCc2nc(N3CCN(c4ccc(Cl)nn4)CC3)nc(Nc3cccc(F)c3)c21. The molecule has 1 fully saturated rings. The maximum Gasteiger partial charge on any atom is 0.228 e. The lowest BCUT2D eigenvalue weighted by Crippen LogP contribution is -2.47. The number of nitrogens with zero attached hydrogens (tertiary/aromatic N) is 6. The van der Waals surface area contributed by atoms with Gasteiger partial charge in [-0.25, -0.2) is 9.37 Å². The molecule has 5 rings (SSSR count). The Morgan fingerprint density at radius 2 is 1.84 bits per heavy atom. The van der Waals surface area contributed by atoms with Gasteiger partial charge >= 0.3 is 0 Å². The molecule has 0 saturated carbocycles. The second-order valence-corrected chi connectivity index (χ2v) is 9.17. The zero-order valence-electron chi connectivity index (χ0n) is 16.5. The Morgan fingerprint density at radius 3 is 2.58 bits per heavy atom. The minimum absolute atomic E-state index is 0.349. The number of hydrogen-bond acceptors (Lipinski definition) is 8. The minimum atomic E-state index is -1.17. The molecule has 2 aliphatic rings. The van der Waals surface area contributed by atoms with Gasteiger partial charge in [-0.15, -0.1) is 10.2 Å². The smallest absolute Gasteiger partial charge is 0.228 e. The van der Waals surface area contributed by atoms with Crippen LogP contribution >= 0.6 is 11.6 Å². The van der Waals surface area contributed by atoms with Crippen molar-refractivity contribution in [3.05, 3.63) is 53.1 Å². The normalized spacial score (nSPS) is 18.2. The summed E-state index contributed by atoms with van der Waals surface area (Å²) in [5, 5.41) is 11.6. The number of halogens is 2. The molecule has 1 saturated heterocycles. The molecule has 2 aliphatic heterocycles. The van der Waals surface area contributed by atoms with Crippen molar-refractivity contribution in [1.29, 1.82) is 0 Å². The zero-order chi connectivity index (χ0) is 21.4. The number of benzene rings is 1. The summed E-state index contributed by atoms with van der Waals surface area (Å²) in [7, 11) is 0. The molecule has 8 nitrogen and oxygen atoms in total. The molecule has 1 aromatic carbocycles. The van der Waals surface area contributed by atoms with Crippen molar-refractivity contribution < 1.29 is 8.94 Å². The van der Waals surface area contributed by atoms with Crippen LogP contribution in [0, 0.1) is 5.82 Å². The van der Waals surface area contributed by atoms with E-state index >= 15 is 0 Å². The van der Waals surface area contributed by atoms with Gasteiger partial charge in [-0.3, -0.25) is 0 Å². The van der Waals surface area contributed by atoms with Crippen molar-refractivity contribution in [1.82, 2.24) is 20.2 Å². The van der Waals surface area contributed by atoms with Crippen molar-refractivity contribution in [2.24, 2.45) is 0 Å². The van der Waals surface area contributed by atoms with E-state index in [1.807, 2.05) is 6.07 Å². The summed E-state index contributed by atoms with van der Waals surface area (Å²) in [6.45, 7) is 2.86. The lowest BCUT2D eigenvalue weighted by atomic mass is 10.3. The number of hydrogen-bond donors (Lipinski definition) is 1. The lowest BCUT2D eigenvalue weighted by molar-refractivity contribution is 0.598. The van der Waals surface area contributed by atoms with Crippen molar-refractivity contribution in [2.75, 3.05) is 47.0 Å². The highest BCUT2D eigenvalue weighted by Crippen LogP contribution is 2.34. The maximum atomic E-state index is 13.6. The first-order valence-electron chi connectivity index (χ1n) is 9.88. The van der Waals surface area contributed by atoms with Gasteiger partial charge in [0.25, 0.3) is 0 Å². The number of aromatic nitrogens is 4. The van der Waals surface area contributed by atoms with Gasteiger partial charge in [-0.05, 0) is 41.5 Å². The molecule has 1 atom stereocenters. The first kappa shape index (κ1) is 20.2. The summed E-state index contributed by atoms with van der Waals surface area (Å²) in [4.78, 5) is 14.2. The fourth-order valence-corrected chi connectivity index (χ4v) is 5.13. The van der Waals surface area contributed by atoms with E-state index in [1.54, 1.807) is 18.2 Å². The number of aryl methyl sites for hydroxylation is 1. The van der Waals surface area contributed by atoms with E-state index in [2.05, 4.69) is 30.3 Å². The molecular weight excluding hydrogens is 441 g/mol. The highest BCUT2D eigenvalue weighted by molar-refractivity contribution is 7.91. The van der Waals surface area contributed by atoms with E-state index < -0.39 is 11.2 Å². The van der Waals surface area contributed by atoms with Crippen LogP contribution in [0.25, 0.3) is 0 Å². The Labute approximate surface area is 186 Å². The van der Waals surface area contributed by atoms with Crippen LogP contribution in [0.4, 0.5) is 27.7 Å². The lowest BCUT2D eigenvalue weighted by Gasteiger charge is -2.35. The first-order valence-corrected chi connectivity index (χ1v) is 11.6. The van der Waals surface area contributed by atoms with E-state index in [0.29, 0.717) is 52.8 Å². The Hall–Kier alpha value is -2.69. The average Bonchev–Trinajstić information content (AvgIpc) is 3.15. The van der Waals surface area contributed by atoms with Crippen molar-refractivity contribution in [3.8, 4) is 0 Å². The molecule has 0 spiro atoms. The molecule has 0 bridgehead atoms. The van der Waals surface area contributed by atoms with Crippen molar-refractivity contribution in [2.45, 2.75) is 11.3 Å². The molecule has 1 N–H and O–H groups in total. The predicted octanol–water partition coefficient (Wildman–Crippen LogP) is 2.79. The van der Waals surface area contributed by atoms with Crippen LogP contribution in [0.3, 0.4) is 0 Å². The highest BCUT2D eigenvalue weighted by atomic mass is 35.5. The molecule has 2 aromatic heterocycles. The number of rotatable bonds is 4. The molecule has 1 unspecified atom stereocenters. The number of nitrogens with one attached hydrogen (secondary N) is 1. The van der Waals surface area contributed by atoms with Gasteiger partial charge < -0.3 is 19.7 Å². The van der Waals surface area contributed by atoms with Crippen LogP contribution in [-0.4, -0.2) is 56.6 Å². The summed E-state index contributed by atoms with van der Waals surface area (Å²) in [5.41, 5.74) is 1.34. The standard InChI is InChI=1S/C20H19ClFN7OS/c21-16-4-5-17(27-26-16)28-7-9-29(10-8-28)20-24-15-6-11-31(30)18(15)19(25-20)23-14-3-1-2-13(22)12-14/h1-5,12H,6-11H2,(H,23,24,25). The van der Waals surface area contributed by atoms with E-state index in [0.717, 1.165) is 24.6 Å². The Bertz CT molecular complexity index is 1100. The summed E-state index contributed by atoms with van der Waals surface area (Å²) >= 11 is 4.66. The number of anilines is 4. The fraction of sp³-hybridized carbons (Fsp3) is 0.300. The van der Waals surface area contributed by atoms with Crippen LogP contribution in [0.15, 0.2) is 41.3 Å². The van der Waals surface area contributed by atoms with Gasteiger partial charge in [0.1, 0.15) is 17.3 Å². The van der Waals surface area contributed by atoms with Crippen LogP contribution < -0.4 is 15.1 Å². The molecule has 0 radical (unpaired) electrons. The second kappa shape index (κ2) is 8.45. The molecule has 0 amide bonds. The van der Waals surface area contributed by atoms with Gasteiger partial charge in [0.15, 0.2) is 16.8 Å². The minimum Gasteiger partial charge on any atom is -0.611 e. The van der Waals surface area contributed by atoms with E-state index in [-0.39, 0.29) is 5.82 Å². The van der Waals surface area contributed by atoms with E-state index in [4.69, 9.17) is 16.6 Å². The summed E-state index contributed by atoms with van der Waals surface area (Å²) in [5.74, 6) is 2.01. The zero-order valence-corrected chi connectivity index (χ0v) is 18.0. The number of fused-ring (bicyclic) bond motifs is 1.